The second kappa shape index (κ2) is 5.19. The molecule has 0 aliphatic carbocycles. The normalized spacial score (nSPS) is 13.2. The summed E-state index contributed by atoms with van der Waals surface area (Å²) >= 11 is 1.40. The van der Waals surface area contributed by atoms with Gasteiger partial charge in [0.25, 0.3) is 0 Å². The summed E-state index contributed by atoms with van der Waals surface area (Å²) in [6.07, 6.45) is 3.01. The van der Waals surface area contributed by atoms with Crippen molar-refractivity contribution in [1.82, 2.24) is 0 Å². The van der Waals surface area contributed by atoms with Crippen LogP contribution < -0.4 is 5.14 Å². The monoisotopic (exact) mass is 131 g/mol. The van der Waals surface area contributed by atoms with Gasteiger partial charge in [0.1, 0.15) is 0 Å². The van der Waals surface area contributed by atoms with E-state index >= 15 is 0 Å². The molecule has 1 unspecified atom stereocenters. The first kappa shape index (κ1) is 8.05. The van der Waals surface area contributed by atoms with Crippen LogP contribution in [0.5, 0.6) is 0 Å². The molecule has 0 aliphatic heterocycles. The Labute approximate surface area is 55.5 Å². The summed E-state index contributed by atoms with van der Waals surface area (Å²) in [6, 6.07) is 0. The van der Waals surface area contributed by atoms with Crippen LogP contribution >= 0.6 is 11.9 Å². The van der Waals surface area contributed by atoms with Gasteiger partial charge < -0.3 is 0 Å². The van der Waals surface area contributed by atoms with E-state index in [1.54, 1.807) is 0 Å². The number of hydrogen-bond acceptors (Lipinski definition) is 2. The summed E-state index contributed by atoms with van der Waals surface area (Å²) in [5.74, 6) is 1.72. The minimum atomic E-state index is 0.683. The summed E-state index contributed by atoms with van der Waals surface area (Å²) in [5.41, 5.74) is 0. The van der Waals surface area contributed by atoms with Crippen LogP contribution in [0.15, 0.2) is 12.7 Å². The predicted octanol–water partition coefficient (Wildman–Crippen LogP) is 1.81. The standard InChI is InChI=1S/C6H13NS/c1-3-4-6(2)5-8-7/h3,6H,1,4-5,7H2,2H3. The van der Waals surface area contributed by atoms with Crippen molar-refractivity contribution in [2.45, 2.75) is 13.3 Å². The van der Waals surface area contributed by atoms with E-state index in [-0.39, 0.29) is 0 Å². The third-order valence-corrected chi connectivity index (χ3v) is 1.71. The van der Waals surface area contributed by atoms with Gasteiger partial charge in [-0.3, -0.25) is 5.14 Å². The lowest BCUT2D eigenvalue weighted by atomic mass is 10.1. The fourth-order valence-corrected chi connectivity index (χ4v) is 0.981. The van der Waals surface area contributed by atoms with Crippen molar-refractivity contribution < 1.29 is 0 Å². The predicted molar refractivity (Wildman–Crippen MR) is 40.6 cm³/mol. The second-order valence-electron chi connectivity index (χ2n) is 1.96. The molecule has 0 aliphatic rings. The fourth-order valence-electron chi connectivity index (χ4n) is 0.517. The van der Waals surface area contributed by atoms with Gasteiger partial charge >= 0.3 is 0 Å². The summed E-state index contributed by atoms with van der Waals surface area (Å²) in [4.78, 5) is 0. The van der Waals surface area contributed by atoms with Crippen LogP contribution in [0, 0.1) is 5.92 Å². The van der Waals surface area contributed by atoms with E-state index in [2.05, 4.69) is 13.5 Å². The molecule has 0 saturated heterocycles. The maximum atomic E-state index is 5.24. The van der Waals surface area contributed by atoms with E-state index in [1.165, 1.54) is 11.9 Å². The molecule has 0 fully saturated rings. The van der Waals surface area contributed by atoms with Crippen LogP contribution in [0.1, 0.15) is 13.3 Å². The lowest BCUT2D eigenvalue weighted by Gasteiger charge is -2.02. The zero-order chi connectivity index (χ0) is 6.41. The lowest BCUT2D eigenvalue weighted by Crippen LogP contribution is -1.98. The quantitative estimate of drug-likeness (QED) is 0.465. The van der Waals surface area contributed by atoms with E-state index in [0.717, 1.165) is 12.2 Å². The zero-order valence-corrected chi connectivity index (χ0v) is 6.08. The first-order valence-corrected chi connectivity index (χ1v) is 3.78. The highest BCUT2D eigenvalue weighted by atomic mass is 32.2. The van der Waals surface area contributed by atoms with Crippen molar-refractivity contribution in [2.75, 3.05) is 5.75 Å². The molecule has 8 heavy (non-hydrogen) atoms. The van der Waals surface area contributed by atoms with Crippen molar-refractivity contribution in [3.8, 4) is 0 Å². The van der Waals surface area contributed by atoms with Gasteiger partial charge in [-0.2, -0.15) is 0 Å². The van der Waals surface area contributed by atoms with E-state index in [0.29, 0.717) is 5.92 Å². The first-order chi connectivity index (χ1) is 3.81. The smallest absolute Gasteiger partial charge is 0.0105 e. The molecular weight excluding hydrogens is 118 g/mol. The molecule has 2 heteroatoms. The Hall–Kier alpha value is 0.0500. The van der Waals surface area contributed by atoms with Crippen molar-refractivity contribution in [1.29, 1.82) is 0 Å². The topological polar surface area (TPSA) is 26.0 Å². The molecule has 48 valence electrons. The Morgan fingerprint density at radius 3 is 2.88 bits per heavy atom. The van der Waals surface area contributed by atoms with Gasteiger partial charge in [0.2, 0.25) is 0 Å². The number of hydrogen-bond donors (Lipinski definition) is 1. The average Bonchev–Trinajstić information content (AvgIpc) is 1.68. The summed E-state index contributed by atoms with van der Waals surface area (Å²) in [6.45, 7) is 5.80. The van der Waals surface area contributed by atoms with Crippen LogP contribution in [0.25, 0.3) is 0 Å². The second-order valence-corrected chi connectivity index (χ2v) is 2.63. The lowest BCUT2D eigenvalue weighted by molar-refractivity contribution is 0.677. The highest BCUT2D eigenvalue weighted by Crippen LogP contribution is 2.05. The van der Waals surface area contributed by atoms with Crippen LogP contribution in [-0.2, 0) is 0 Å². The minimum absolute atomic E-state index is 0.683. The van der Waals surface area contributed by atoms with Crippen LogP contribution in [0.3, 0.4) is 0 Å². The van der Waals surface area contributed by atoms with Gasteiger partial charge in [0.15, 0.2) is 0 Å². The number of nitrogens with two attached hydrogens (primary N) is 1. The Kier molecular flexibility index (Phi) is 5.22. The van der Waals surface area contributed by atoms with E-state index in [1.807, 2.05) is 6.08 Å². The fraction of sp³-hybridized carbons (Fsp3) is 0.667. The number of rotatable bonds is 4. The molecule has 0 radical (unpaired) electrons. The third kappa shape index (κ3) is 4.22. The molecule has 1 nitrogen and oxygen atoms in total. The molecule has 0 amide bonds. The molecule has 0 aromatic rings. The van der Waals surface area contributed by atoms with Crippen LogP contribution in [0.4, 0.5) is 0 Å². The van der Waals surface area contributed by atoms with Crippen molar-refractivity contribution >= 4 is 11.9 Å². The van der Waals surface area contributed by atoms with E-state index in [4.69, 9.17) is 5.14 Å². The van der Waals surface area contributed by atoms with Crippen molar-refractivity contribution in [2.24, 2.45) is 11.1 Å². The summed E-state index contributed by atoms with van der Waals surface area (Å²) in [7, 11) is 0. The van der Waals surface area contributed by atoms with Crippen LogP contribution in [0.2, 0.25) is 0 Å². The molecule has 0 aromatic heterocycles. The molecule has 0 aromatic carbocycles. The van der Waals surface area contributed by atoms with Crippen molar-refractivity contribution in [3.05, 3.63) is 12.7 Å². The molecule has 0 saturated carbocycles. The molecular formula is C6H13NS. The Morgan fingerprint density at radius 1 is 1.88 bits per heavy atom. The van der Waals surface area contributed by atoms with Gasteiger partial charge in [-0.1, -0.05) is 24.9 Å². The van der Waals surface area contributed by atoms with E-state index in [9.17, 15) is 0 Å². The molecule has 2 N–H and O–H groups in total. The maximum Gasteiger partial charge on any atom is 0.0105 e. The largest absolute Gasteiger partial charge is 0.278 e. The summed E-state index contributed by atoms with van der Waals surface area (Å²) in [5, 5.41) is 5.24. The van der Waals surface area contributed by atoms with Gasteiger partial charge in [-0.05, 0) is 12.3 Å². The summed E-state index contributed by atoms with van der Waals surface area (Å²) < 4.78 is 0. The Balaban J connectivity index is 3.03. The van der Waals surface area contributed by atoms with Gasteiger partial charge in [-0.25, -0.2) is 0 Å². The SMILES string of the molecule is C=CCC(C)CSN. The number of allylic oxidation sites excluding steroid dienone is 1. The third-order valence-electron chi connectivity index (χ3n) is 0.950. The molecule has 0 bridgehead atoms. The average molecular weight is 131 g/mol. The van der Waals surface area contributed by atoms with E-state index < -0.39 is 0 Å². The minimum Gasteiger partial charge on any atom is -0.278 e. The Morgan fingerprint density at radius 2 is 2.50 bits per heavy atom. The maximum absolute atomic E-state index is 5.24. The first-order valence-electron chi connectivity index (χ1n) is 2.73. The highest BCUT2D eigenvalue weighted by Gasteiger charge is 1.95. The van der Waals surface area contributed by atoms with Gasteiger partial charge in [0, 0.05) is 5.75 Å². The van der Waals surface area contributed by atoms with Gasteiger partial charge in [-0.15, -0.1) is 6.58 Å². The zero-order valence-electron chi connectivity index (χ0n) is 5.26. The van der Waals surface area contributed by atoms with Gasteiger partial charge in [0.05, 0.1) is 0 Å². The highest BCUT2D eigenvalue weighted by molar-refractivity contribution is 7.97. The molecule has 1 atom stereocenters. The van der Waals surface area contributed by atoms with Crippen LogP contribution in [-0.4, -0.2) is 5.75 Å². The Bertz CT molecular complexity index is 63.5. The molecule has 0 heterocycles. The molecule has 0 spiro atoms. The van der Waals surface area contributed by atoms with Crippen molar-refractivity contribution in [3.63, 3.8) is 0 Å². The molecule has 0 rings (SSSR count).